The highest BCUT2D eigenvalue weighted by atomic mass is 32.1. The second kappa shape index (κ2) is 5.58. The first-order valence-electron chi connectivity index (χ1n) is 6.31. The molecule has 0 saturated carbocycles. The number of anilines is 1. The Bertz CT molecular complexity index is 553. The van der Waals surface area contributed by atoms with Crippen molar-refractivity contribution in [2.45, 2.75) is 13.8 Å². The number of imide groups is 1. The summed E-state index contributed by atoms with van der Waals surface area (Å²) in [5.74, 6) is -0.664. The van der Waals surface area contributed by atoms with E-state index in [-0.39, 0.29) is 35.2 Å². The van der Waals surface area contributed by atoms with Gasteiger partial charge >= 0.3 is 0 Å². The molecule has 1 heterocycles. The SMILES string of the molecule is CC1C(=O)N(c2ccccc2OCC(N)=S)C(=O)C1C. The molecule has 2 unspecified atom stereocenters. The van der Waals surface area contributed by atoms with Gasteiger partial charge in [0.15, 0.2) is 0 Å². The first-order chi connectivity index (χ1) is 9.43. The molecule has 1 aliphatic heterocycles. The predicted molar refractivity (Wildman–Crippen MR) is 79.5 cm³/mol. The number of thiocarbonyl (C=S) groups is 1. The average Bonchev–Trinajstić information content (AvgIpc) is 2.61. The van der Waals surface area contributed by atoms with Gasteiger partial charge in [-0.05, 0) is 12.1 Å². The Kier molecular flexibility index (Phi) is 4.04. The van der Waals surface area contributed by atoms with Crippen LogP contribution in [0.1, 0.15) is 13.8 Å². The molecule has 0 aliphatic carbocycles. The highest BCUT2D eigenvalue weighted by Crippen LogP contribution is 2.35. The minimum absolute atomic E-state index is 0.0632. The standard InChI is InChI=1S/C14H16N2O3S/c1-8-9(2)14(18)16(13(8)17)10-5-3-4-6-11(10)19-7-12(15)20/h3-6,8-9H,7H2,1-2H3,(H2,15,20). The maximum atomic E-state index is 12.2. The summed E-state index contributed by atoms with van der Waals surface area (Å²) in [5.41, 5.74) is 5.84. The molecule has 2 amide bonds. The molecule has 5 nitrogen and oxygen atoms in total. The summed E-state index contributed by atoms with van der Waals surface area (Å²) in [6.45, 7) is 3.57. The van der Waals surface area contributed by atoms with Crippen molar-refractivity contribution in [2.24, 2.45) is 17.6 Å². The van der Waals surface area contributed by atoms with Crippen molar-refractivity contribution >= 4 is 34.7 Å². The molecule has 1 aliphatic rings. The quantitative estimate of drug-likeness (QED) is 0.672. The zero-order valence-corrected chi connectivity index (χ0v) is 12.1. The molecule has 0 bridgehead atoms. The third-order valence-corrected chi connectivity index (χ3v) is 3.56. The summed E-state index contributed by atoms with van der Waals surface area (Å²) in [5, 5.41) is 0. The van der Waals surface area contributed by atoms with Crippen molar-refractivity contribution in [3.63, 3.8) is 0 Å². The number of amides is 2. The van der Waals surface area contributed by atoms with Crippen LogP contribution in [0.2, 0.25) is 0 Å². The van der Waals surface area contributed by atoms with Crippen LogP contribution < -0.4 is 15.4 Å². The van der Waals surface area contributed by atoms with Gasteiger partial charge in [0.1, 0.15) is 17.3 Å². The van der Waals surface area contributed by atoms with Crippen LogP contribution in [0.15, 0.2) is 24.3 Å². The molecular formula is C14H16N2O3S. The number of nitrogens with two attached hydrogens (primary N) is 1. The number of carbonyl (C=O) groups excluding carboxylic acids is 2. The molecule has 20 heavy (non-hydrogen) atoms. The highest BCUT2D eigenvalue weighted by Gasteiger charge is 2.43. The summed E-state index contributed by atoms with van der Waals surface area (Å²) >= 11 is 4.76. The monoisotopic (exact) mass is 292 g/mol. The fraction of sp³-hybridized carbons (Fsp3) is 0.357. The Balaban J connectivity index is 2.35. The Morgan fingerprint density at radius 1 is 1.25 bits per heavy atom. The Morgan fingerprint density at radius 2 is 1.80 bits per heavy atom. The maximum absolute atomic E-state index is 12.2. The average molecular weight is 292 g/mol. The lowest BCUT2D eigenvalue weighted by Gasteiger charge is -2.18. The molecule has 2 atom stereocenters. The molecule has 1 fully saturated rings. The van der Waals surface area contributed by atoms with Crippen molar-refractivity contribution in [3.05, 3.63) is 24.3 Å². The van der Waals surface area contributed by atoms with Crippen LogP contribution >= 0.6 is 12.2 Å². The molecule has 1 saturated heterocycles. The third-order valence-electron chi connectivity index (χ3n) is 3.45. The van der Waals surface area contributed by atoms with Crippen molar-refractivity contribution in [2.75, 3.05) is 11.5 Å². The van der Waals surface area contributed by atoms with Gasteiger partial charge in [0.05, 0.1) is 5.69 Å². The zero-order chi connectivity index (χ0) is 14.9. The van der Waals surface area contributed by atoms with Crippen LogP contribution in [0, 0.1) is 11.8 Å². The van der Waals surface area contributed by atoms with E-state index in [1.165, 1.54) is 4.90 Å². The van der Waals surface area contributed by atoms with Gasteiger partial charge in [-0.2, -0.15) is 0 Å². The normalized spacial score (nSPS) is 22.2. The smallest absolute Gasteiger partial charge is 0.237 e. The van der Waals surface area contributed by atoms with Crippen molar-refractivity contribution < 1.29 is 14.3 Å². The molecule has 1 aromatic rings. The predicted octanol–water partition coefficient (Wildman–Crippen LogP) is 1.50. The summed E-state index contributed by atoms with van der Waals surface area (Å²) in [6, 6.07) is 6.87. The highest BCUT2D eigenvalue weighted by molar-refractivity contribution is 7.80. The van der Waals surface area contributed by atoms with Gasteiger partial charge in [-0.25, -0.2) is 4.90 Å². The summed E-state index contributed by atoms with van der Waals surface area (Å²) in [4.78, 5) is 25.8. The first-order valence-corrected chi connectivity index (χ1v) is 6.72. The van der Waals surface area contributed by atoms with Crippen molar-refractivity contribution in [1.82, 2.24) is 0 Å². The van der Waals surface area contributed by atoms with Crippen LogP contribution in [0.5, 0.6) is 5.75 Å². The van der Waals surface area contributed by atoms with E-state index >= 15 is 0 Å². The molecule has 1 aromatic carbocycles. The summed E-state index contributed by atoms with van der Waals surface area (Å²) < 4.78 is 5.47. The number of ether oxygens (including phenoxy) is 1. The Labute approximate surface area is 122 Å². The minimum Gasteiger partial charge on any atom is -0.484 e. The van der Waals surface area contributed by atoms with Gasteiger partial charge in [-0.1, -0.05) is 38.2 Å². The van der Waals surface area contributed by atoms with Crippen molar-refractivity contribution in [1.29, 1.82) is 0 Å². The van der Waals surface area contributed by atoms with E-state index in [0.29, 0.717) is 11.4 Å². The number of para-hydroxylation sites is 2. The van der Waals surface area contributed by atoms with Crippen LogP contribution in [0.4, 0.5) is 5.69 Å². The summed E-state index contributed by atoms with van der Waals surface area (Å²) in [7, 11) is 0. The van der Waals surface area contributed by atoms with Crippen molar-refractivity contribution in [3.8, 4) is 5.75 Å². The molecule has 0 spiro atoms. The molecule has 0 aromatic heterocycles. The van der Waals surface area contributed by atoms with Gasteiger partial charge in [0.2, 0.25) is 11.8 Å². The van der Waals surface area contributed by atoms with E-state index in [0.717, 1.165) is 0 Å². The molecular weight excluding hydrogens is 276 g/mol. The lowest BCUT2D eigenvalue weighted by molar-refractivity contribution is -0.122. The minimum atomic E-state index is -0.328. The van der Waals surface area contributed by atoms with E-state index in [1.807, 2.05) is 0 Å². The molecule has 2 rings (SSSR count). The van der Waals surface area contributed by atoms with Crippen LogP contribution in [-0.2, 0) is 9.59 Å². The first kappa shape index (κ1) is 14.5. The van der Waals surface area contributed by atoms with E-state index in [1.54, 1.807) is 38.1 Å². The number of rotatable bonds is 4. The van der Waals surface area contributed by atoms with Crippen LogP contribution in [-0.4, -0.2) is 23.4 Å². The maximum Gasteiger partial charge on any atom is 0.237 e. The van der Waals surface area contributed by atoms with Crippen LogP contribution in [0.25, 0.3) is 0 Å². The largest absolute Gasteiger partial charge is 0.484 e. The van der Waals surface area contributed by atoms with Gasteiger partial charge in [-0.3, -0.25) is 9.59 Å². The second-order valence-electron chi connectivity index (χ2n) is 4.81. The number of benzene rings is 1. The van der Waals surface area contributed by atoms with E-state index in [2.05, 4.69) is 0 Å². The van der Waals surface area contributed by atoms with Gasteiger partial charge in [0.25, 0.3) is 0 Å². The fourth-order valence-corrected chi connectivity index (χ4v) is 2.15. The van der Waals surface area contributed by atoms with Crippen LogP contribution in [0.3, 0.4) is 0 Å². The van der Waals surface area contributed by atoms with Gasteiger partial charge in [-0.15, -0.1) is 0 Å². The van der Waals surface area contributed by atoms with E-state index < -0.39 is 0 Å². The lowest BCUT2D eigenvalue weighted by atomic mass is 10.00. The third kappa shape index (κ3) is 2.51. The topological polar surface area (TPSA) is 72.6 Å². The number of carbonyl (C=O) groups is 2. The number of hydrogen-bond acceptors (Lipinski definition) is 4. The molecule has 0 radical (unpaired) electrons. The van der Waals surface area contributed by atoms with E-state index in [9.17, 15) is 9.59 Å². The second-order valence-corrected chi connectivity index (χ2v) is 5.34. The lowest BCUT2D eigenvalue weighted by Crippen LogP contribution is -2.31. The Hall–Kier alpha value is -1.95. The zero-order valence-electron chi connectivity index (χ0n) is 11.3. The Morgan fingerprint density at radius 3 is 2.35 bits per heavy atom. The fourth-order valence-electron chi connectivity index (χ4n) is 2.09. The van der Waals surface area contributed by atoms with Gasteiger partial charge in [0, 0.05) is 11.8 Å². The molecule has 2 N–H and O–H groups in total. The summed E-state index contributed by atoms with van der Waals surface area (Å²) in [6.07, 6.45) is 0. The van der Waals surface area contributed by atoms with E-state index in [4.69, 9.17) is 22.7 Å². The van der Waals surface area contributed by atoms with Gasteiger partial charge < -0.3 is 10.5 Å². The molecule has 6 heteroatoms. The number of hydrogen-bond donors (Lipinski definition) is 1. The number of nitrogens with zero attached hydrogens (tertiary/aromatic N) is 1. The molecule has 106 valence electrons.